The zero-order chi connectivity index (χ0) is 24.0. The molecular weight excluding hydrogens is 431 g/mol. The summed E-state index contributed by atoms with van der Waals surface area (Å²) in [5.74, 6) is 0.0839. The highest BCUT2D eigenvalue weighted by Gasteiger charge is 2.30. The van der Waals surface area contributed by atoms with Gasteiger partial charge in [0.25, 0.3) is 5.91 Å². The van der Waals surface area contributed by atoms with E-state index in [1.165, 1.54) is 18.4 Å². The number of amides is 1. The van der Waals surface area contributed by atoms with E-state index in [9.17, 15) is 18.0 Å². The molecule has 2 aromatic carbocycles. The number of hydrogen-bond donors (Lipinski definition) is 0. The first kappa shape index (κ1) is 24.5. The normalized spacial score (nSPS) is 12.7. The third-order valence-electron chi connectivity index (χ3n) is 5.57. The van der Waals surface area contributed by atoms with E-state index in [0.29, 0.717) is 24.5 Å². The van der Waals surface area contributed by atoms with Gasteiger partial charge in [-0.25, -0.2) is 4.98 Å². The standard InChI is InChI=1S/C25H28F3N3O2/c1-4-18(2)31(15-20-11-8-12-21(13-20)25(26,27)28)16-23-29-22(17-33-23)24(32)30(3)14-19-9-6-5-7-10-19/h5-13,17-18H,4,14-16H2,1-3H3. The molecule has 1 unspecified atom stereocenters. The molecule has 0 radical (unpaired) electrons. The molecule has 1 heterocycles. The average Bonchev–Trinajstić information content (AvgIpc) is 3.26. The molecule has 0 saturated heterocycles. The maximum Gasteiger partial charge on any atom is 0.416 e. The molecule has 0 N–H and O–H groups in total. The summed E-state index contributed by atoms with van der Waals surface area (Å²) in [6, 6.07) is 15.0. The van der Waals surface area contributed by atoms with Crippen LogP contribution in [-0.2, 0) is 25.8 Å². The molecule has 0 saturated carbocycles. The lowest BCUT2D eigenvalue weighted by Crippen LogP contribution is -2.32. The first-order chi connectivity index (χ1) is 15.7. The Kier molecular flexibility index (Phi) is 7.92. The Bertz CT molecular complexity index is 1050. The van der Waals surface area contributed by atoms with Crippen LogP contribution in [0.25, 0.3) is 0 Å². The largest absolute Gasteiger partial charge is 0.447 e. The molecule has 0 bridgehead atoms. The summed E-state index contributed by atoms with van der Waals surface area (Å²) in [7, 11) is 1.70. The summed E-state index contributed by atoms with van der Waals surface area (Å²) in [6.07, 6.45) is -2.26. The number of alkyl halides is 3. The lowest BCUT2D eigenvalue weighted by atomic mass is 10.1. The second-order valence-corrected chi connectivity index (χ2v) is 8.13. The SMILES string of the molecule is CCC(C)N(Cc1cccc(C(F)(F)F)c1)Cc1nc(C(=O)N(C)Cc2ccccc2)co1. The first-order valence-electron chi connectivity index (χ1n) is 10.8. The predicted octanol–water partition coefficient (Wildman–Crippen LogP) is 5.77. The number of halogens is 3. The van der Waals surface area contributed by atoms with Gasteiger partial charge in [0.1, 0.15) is 6.26 Å². The fourth-order valence-electron chi connectivity index (χ4n) is 3.49. The molecule has 176 valence electrons. The summed E-state index contributed by atoms with van der Waals surface area (Å²) in [5, 5.41) is 0. The van der Waals surface area contributed by atoms with Crippen molar-refractivity contribution in [3.8, 4) is 0 Å². The van der Waals surface area contributed by atoms with Gasteiger partial charge in [0.15, 0.2) is 5.69 Å². The van der Waals surface area contributed by atoms with Crippen molar-refractivity contribution in [2.75, 3.05) is 7.05 Å². The summed E-state index contributed by atoms with van der Waals surface area (Å²) in [5.41, 5.74) is 1.08. The van der Waals surface area contributed by atoms with Crippen molar-refractivity contribution in [3.05, 3.63) is 89.1 Å². The second kappa shape index (κ2) is 10.7. The molecule has 1 atom stereocenters. The van der Waals surface area contributed by atoms with Crippen LogP contribution in [0.3, 0.4) is 0 Å². The van der Waals surface area contributed by atoms with Gasteiger partial charge < -0.3 is 9.32 Å². The molecule has 0 aliphatic heterocycles. The van der Waals surface area contributed by atoms with E-state index in [4.69, 9.17) is 4.42 Å². The average molecular weight is 460 g/mol. The number of hydrogen-bond acceptors (Lipinski definition) is 4. The molecule has 0 aliphatic carbocycles. The van der Waals surface area contributed by atoms with Crippen LogP contribution in [0.5, 0.6) is 0 Å². The smallest absolute Gasteiger partial charge is 0.416 e. The number of nitrogens with zero attached hydrogens (tertiary/aromatic N) is 3. The van der Waals surface area contributed by atoms with E-state index in [2.05, 4.69) is 4.98 Å². The first-order valence-corrected chi connectivity index (χ1v) is 10.8. The number of benzene rings is 2. The van der Waals surface area contributed by atoms with Crippen molar-refractivity contribution in [2.24, 2.45) is 0 Å². The third kappa shape index (κ3) is 6.68. The van der Waals surface area contributed by atoms with E-state index >= 15 is 0 Å². The Morgan fingerprint density at radius 3 is 2.39 bits per heavy atom. The minimum atomic E-state index is -4.39. The number of carbonyl (C=O) groups excluding carboxylic acids is 1. The van der Waals surface area contributed by atoms with E-state index < -0.39 is 11.7 Å². The molecule has 1 amide bonds. The van der Waals surface area contributed by atoms with Gasteiger partial charge >= 0.3 is 6.18 Å². The van der Waals surface area contributed by atoms with Crippen molar-refractivity contribution < 1.29 is 22.4 Å². The van der Waals surface area contributed by atoms with Gasteiger partial charge in [0.2, 0.25) is 5.89 Å². The van der Waals surface area contributed by atoms with Crippen LogP contribution in [0, 0.1) is 0 Å². The predicted molar refractivity (Wildman–Crippen MR) is 119 cm³/mol. The fourth-order valence-corrected chi connectivity index (χ4v) is 3.49. The van der Waals surface area contributed by atoms with Crippen LogP contribution in [0.2, 0.25) is 0 Å². The summed E-state index contributed by atoms with van der Waals surface area (Å²) in [6.45, 7) is 5.03. The number of oxazole rings is 1. The molecule has 0 spiro atoms. The Hall–Kier alpha value is -3.13. The molecule has 0 aliphatic rings. The lowest BCUT2D eigenvalue weighted by Gasteiger charge is -2.27. The van der Waals surface area contributed by atoms with Gasteiger partial charge in [-0.15, -0.1) is 0 Å². The van der Waals surface area contributed by atoms with Crippen LogP contribution in [-0.4, -0.2) is 33.8 Å². The maximum atomic E-state index is 13.1. The number of rotatable bonds is 9. The van der Waals surface area contributed by atoms with Crippen molar-refractivity contribution in [1.82, 2.24) is 14.8 Å². The topological polar surface area (TPSA) is 49.6 Å². The number of aromatic nitrogens is 1. The fraction of sp³-hybridized carbons (Fsp3) is 0.360. The van der Waals surface area contributed by atoms with E-state index in [1.807, 2.05) is 49.1 Å². The third-order valence-corrected chi connectivity index (χ3v) is 5.57. The van der Waals surface area contributed by atoms with E-state index in [0.717, 1.165) is 18.1 Å². The summed E-state index contributed by atoms with van der Waals surface area (Å²) in [4.78, 5) is 20.6. The van der Waals surface area contributed by atoms with Crippen molar-refractivity contribution in [3.63, 3.8) is 0 Å². The summed E-state index contributed by atoms with van der Waals surface area (Å²) >= 11 is 0. The molecule has 3 rings (SSSR count). The van der Waals surface area contributed by atoms with Crippen molar-refractivity contribution in [2.45, 2.75) is 52.1 Å². The Labute approximate surface area is 191 Å². The Morgan fingerprint density at radius 2 is 1.73 bits per heavy atom. The van der Waals surface area contributed by atoms with E-state index in [1.54, 1.807) is 18.0 Å². The molecule has 3 aromatic rings. The van der Waals surface area contributed by atoms with Crippen LogP contribution in [0.4, 0.5) is 13.2 Å². The number of carbonyl (C=O) groups is 1. The monoisotopic (exact) mass is 459 g/mol. The van der Waals surface area contributed by atoms with Gasteiger partial charge in [-0.1, -0.05) is 55.5 Å². The highest BCUT2D eigenvalue weighted by atomic mass is 19.4. The molecule has 8 heteroatoms. The van der Waals surface area contributed by atoms with Gasteiger partial charge in [0, 0.05) is 26.2 Å². The Morgan fingerprint density at radius 1 is 1.03 bits per heavy atom. The lowest BCUT2D eigenvalue weighted by molar-refractivity contribution is -0.137. The maximum absolute atomic E-state index is 13.1. The minimum absolute atomic E-state index is 0.0753. The van der Waals surface area contributed by atoms with Gasteiger partial charge in [-0.05, 0) is 30.5 Å². The molecule has 5 nitrogen and oxygen atoms in total. The van der Waals surface area contributed by atoms with Gasteiger partial charge in [-0.3, -0.25) is 9.69 Å². The van der Waals surface area contributed by atoms with Crippen molar-refractivity contribution >= 4 is 5.91 Å². The highest BCUT2D eigenvalue weighted by Crippen LogP contribution is 2.30. The van der Waals surface area contributed by atoms with Gasteiger partial charge in [-0.2, -0.15) is 13.2 Å². The van der Waals surface area contributed by atoms with E-state index in [-0.39, 0.29) is 24.2 Å². The van der Waals surface area contributed by atoms with Gasteiger partial charge in [0.05, 0.1) is 12.1 Å². The summed E-state index contributed by atoms with van der Waals surface area (Å²) < 4.78 is 44.8. The molecule has 1 aromatic heterocycles. The molecule has 0 fully saturated rings. The highest BCUT2D eigenvalue weighted by molar-refractivity contribution is 5.91. The zero-order valence-corrected chi connectivity index (χ0v) is 19.0. The van der Waals surface area contributed by atoms with Crippen LogP contribution in [0.15, 0.2) is 65.3 Å². The minimum Gasteiger partial charge on any atom is -0.447 e. The van der Waals surface area contributed by atoms with Crippen molar-refractivity contribution in [1.29, 1.82) is 0 Å². The van der Waals surface area contributed by atoms with Crippen LogP contribution in [0.1, 0.15) is 53.3 Å². The quantitative estimate of drug-likeness (QED) is 0.408. The Balaban J connectivity index is 1.70. The molecular formula is C25H28F3N3O2. The second-order valence-electron chi connectivity index (χ2n) is 8.13. The van der Waals surface area contributed by atoms with Crippen LogP contribution >= 0.6 is 0 Å². The molecule has 33 heavy (non-hydrogen) atoms. The zero-order valence-electron chi connectivity index (χ0n) is 19.0. The van der Waals surface area contributed by atoms with Crippen LogP contribution < -0.4 is 0 Å².